The molecule has 1 aliphatic heterocycles. The van der Waals surface area contributed by atoms with Crippen LogP contribution in [0, 0.1) is 0 Å². The van der Waals surface area contributed by atoms with Crippen molar-refractivity contribution in [3.8, 4) is 0 Å². The van der Waals surface area contributed by atoms with Crippen LogP contribution in [0.5, 0.6) is 0 Å². The molecule has 0 spiro atoms. The van der Waals surface area contributed by atoms with E-state index in [1.165, 1.54) is 0 Å². The predicted octanol–water partition coefficient (Wildman–Crippen LogP) is 0.0433. The summed E-state index contributed by atoms with van der Waals surface area (Å²) in [6.07, 6.45) is 2.10. The van der Waals surface area contributed by atoms with Gasteiger partial charge in [-0.15, -0.1) is 0 Å². The Bertz CT molecular complexity index is 233. The third kappa shape index (κ3) is 2.41. The van der Waals surface area contributed by atoms with Gasteiger partial charge in [0.05, 0.1) is 0 Å². The Kier molecular flexibility index (Phi) is 4.25. The van der Waals surface area contributed by atoms with E-state index in [1.54, 1.807) is 11.9 Å². The average molecular weight is 216 g/mol. The first-order valence-electron chi connectivity index (χ1n) is 4.82. The van der Waals surface area contributed by atoms with Gasteiger partial charge in [-0.05, 0) is 18.6 Å². The lowest BCUT2D eigenvalue weighted by Crippen LogP contribution is -2.44. The van der Waals surface area contributed by atoms with Gasteiger partial charge in [-0.1, -0.05) is 0 Å². The second-order valence-corrected chi connectivity index (χ2v) is 3.78. The zero-order valence-corrected chi connectivity index (χ0v) is 9.22. The van der Waals surface area contributed by atoms with E-state index in [0.29, 0.717) is 18.7 Å². The zero-order valence-electron chi connectivity index (χ0n) is 8.32. The molecule has 1 heterocycles. The highest BCUT2D eigenvalue weighted by atomic mass is 32.1. The molecule has 0 aromatic rings. The first-order chi connectivity index (χ1) is 6.70. The van der Waals surface area contributed by atoms with Gasteiger partial charge >= 0.3 is 0 Å². The van der Waals surface area contributed by atoms with Crippen LogP contribution in [0.3, 0.4) is 0 Å². The number of amides is 2. The van der Waals surface area contributed by atoms with E-state index >= 15 is 0 Å². The van der Waals surface area contributed by atoms with Gasteiger partial charge in [0.25, 0.3) is 0 Å². The van der Waals surface area contributed by atoms with Crippen LogP contribution in [0.4, 0.5) is 0 Å². The summed E-state index contributed by atoms with van der Waals surface area (Å²) in [7, 11) is 1.60. The van der Waals surface area contributed by atoms with Gasteiger partial charge in [0.2, 0.25) is 11.8 Å². The maximum absolute atomic E-state index is 11.6. The van der Waals surface area contributed by atoms with Crippen molar-refractivity contribution >= 4 is 24.4 Å². The minimum Gasteiger partial charge on any atom is -0.357 e. The van der Waals surface area contributed by atoms with Crippen molar-refractivity contribution in [1.29, 1.82) is 0 Å². The largest absolute Gasteiger partial charge is 0.357 e. The Hall–Kier alpha value is -0.710. The standard InChI is InChI=1S/C9H16N2O2S/c1-10-9(13)7-3-2-5-11(7)8(12)4-6-14/h7,14H,2-6H2,1H3,(H,10,13). The van der Waals surface area contributed by atoms with Gasteiger partial charge in [0.15, 0.2) is 0 Å². The van der Waals surface area contributed by atoms with Crippen LogP contribution in [0.25, 0.3) is 0 Å². The smallest absolute Gasteiger partial charge is 0.242 e. The fourth-order valence-electron chi connectivity index (χ4n) is 1.74. The molecule has 0 aromatic carbocycles. The highest BCUT2D eigenvalue weighted by Crippen LogP contribution is 2.18. The lowest BCUT2D eigenvalue weighted by molar-refractivity contribution is -0.137. The number of hydrogen-bond acceptors (Lipinski definition) is 3. The number of thiol groups is 1. The van der Waals surface area contributed by atoms with E-state index in [4.69, 9.17) is 0 Å². The summed E-state index contributed by atoms with van der Waals surface area (Å²) in [5.74, 6) is 0.511. The van der Waals surface area contributed by atoms with Gasteiger partial charge in [-0.25, -0.2) is 0 Å². The van der Waals surface area contributed by atoms with Crippen molar-refractivity contribution in [2.24, 2.45) is 0 Å². The number of carbonyl (C=O) groups excluding carboxylic acids is 2. The van der Waals surface area contributed by atoms with Gasteiger partial charge in [0, 0.05) is 20.0 Å². The molecule has 1 unspecified atom stereocenters. The van der Waals surface area contributed by atoms with Crippen molar-refractivity contribution in [2.45, 2.75) is 25.3 Å². The van der Waals surface area contributed by atoms with Gasteiger partial charge in [-0.2, -0.15) is 12.6 Å². The second-order valence-electron chi connectivity index (χ2n) is 3.33. The molecule has 4 nitrogen and oxygen atoms in total. The summed E-state index contributed by atoms with van der Waals surface area (Å²) in [6.45, 7) is 0.699. The van der Waals surface area contributed by atoms with E-state index in [1.807, 2.05) is 0 Å². The fraction of sp³-hybridized carbons (Fsp3) is 0.778. The lowest BCUT2D eigenvalue weighted by atomic mass is 10.2. The molecule has 0 bridgehead atoms. The van der Waals surface area contributed by atoms with Crippen molar-refractivity contribution in [1.82, 2.24) is 10.2 Å². The lowest BCUT2D eigenvalue weighted by Gasteiger charge is -2.22. The number of likely N-dealkylation sites (tertiary alicyclic amines) is 1. The summed E-state index contributed by atoms with van der Waals surface area (Å²) in [5, 5.41) is 2.58. The van der Waals surface area contributed by atoms with Crippen molar-refractivity contribution in [3.63, 3.8) is 0 Å². The zero-order chi connectivity index (χ0) is 10.6. The van der Waals surface area contributed by atoms with E-state index in [9.17, 15) is 9.59 Å². The molecule has 5 heteroatoms. The Morgan fingerprint density at radius 3 is 2.86 bits per heavy atom. The molecular weight excluding hydrogens is 200 g/mol. The quantitative estimate of drug-likeness (QED) is 0.655. The van der Waals surface area contributed by atoms with Gasteiger partial charge in [-0.3, -0.25) is 9.59 Å². The Balaban J connectivity index is 2.59. The summed E-state index contributed by atoms with van der Waals surface area (Å²) in [5.41, 5.74) is 0. The molecule has 1 aliphatic rings. The maximum atomic E-state index is 11.6. The summed E-state index contributed by atoms with van der Waals surface area (Å²) in [6, 6.07) is -0.257. The van der Waals surface area contributed by atoms with Crippen LogP contribution in [-0.4, -0.2) is 42.1 Å². The topological polar surface area (TPSA) is 49.4 Å². The van der Waals surface area contributed by atoms with E-state index < -0.39 is 0 Å². The molecule has 1 fully saturated rings. The molecule has 0 saturated carbocycles. The maximum Gasteiger partial charge on any atom is 0.242 e. The monoisotopic (exact) mass is 216 g/mol. The van der Waals surface area contributed by atoms with Crippen LogP contribution in [0.1, 0.15) is 19.3 Å². The summed E-state index contributed by atoms with van der Waals surface area (Å²) in [4.78, 5) is 24.6. The summed E-state index contributed by atoms with van der Waals surface area (Å²) < 4.78 is 0. The molecule has 2 amide bonds. The van der Waals surface area contributed by atoms with Gasteiger partial charge in [0.1, 0.15) is 6.04 Å². The number of nitrogens with zero attached hydrogens (tertiary/aromatic N) is 1. The summed E-state index contributed by atoms with van der Waals surface area (Å²) >= 11 is 4.01. The molecule has 80 valence electrons. The number of rotatable bonds is 3. The molecule has 1 rings (SSSR count). The normalized spacial score (nSPS) is 21.0. The van der Waals surface area contributed by atoms with Crippen LogP contribution < -0.4 is 5.32 Å². The molecule has 0 aromatic heterocycles. The first kappa shape index (κ1) is 11.4. The highest BCUT2D eigenvalue weighted by Gasteiger charge is 2.32. The second kappa shape index (κ2) is 5.24. The highest BCUT2D eigenvalue weighted by molar-refractivity contribution is 7.80. The van der Waals surface area contributed by atoms with Crippen LogP contribution in [-0.2, 0) is 9.59 Å². The average Bonchev–Trinajstić information content (AvgIpc) is 2.65. The molecule has 1 N–H and O–H groups in total. The Labute approximate surface area is 89.4 Å². The van der Waals surface area contributed by atoms with E-state index in [2.05, 4.69) is 17.9 Å². The Morgan fingerprint density at radius 2 is 2.29 bits per heavy atom. The molecule has 0 aliphatic carbocycles. The number of nitrogens with one attached hydrogen (secondary N) is 1. The van der Waals surface area contributed by atoms with Gasteiger partial charge < -0.3 is 10.2 Å². The van der Waals surface area contributed by atoms with Crippen molar-refractivity contribution < 1.29 is 9.59 Å². The first-order valence-corrected chi connectivity index (χ1v) is 5.46. The molecule has 1 atom stereocenters. The van der Waals surface area contributed by atoms with Crippen LogP contribution >= 0.6 is 12.6 Å². The van der Waals surface area contributed by atoms with Crippen molar-refractivity contribution in [2.75, 3.05) is 19.3 Å². The van der Waals surface area contributed by atoms with Crippen molar-refractivity contribution in [3.05, 3.63) is 0 Å². The van der Waals surface area contributed by atoms with E-state index in [-0.39, 0.29) is 17.9 Å². The minimum absolute atomic E-state index is 0.0334. The predicted molar refractivity (Wildman–Crippen MR) is 57.3 cm³/mol. The molecule has 14 heavy (non-hydrogen) atoms. The minimum atomic E-state index is -0.257. The SMILES string of the molecule is CNC(=O)C1CCCN1C(=O)CCS. The molecule has 1 saturated heterocycles. The van der Waals surface area contributed by atoms with E-state index in [0.717, 1.165) is 12.8 Å². The Morgan fingerprint density at radius 1 is 1.57 bits per heavy atom. The van der Waals surface area contributed by atoms with Crippen LogP contribution in [0.15, 0.2) is 0 Å². The molecule has 0 radical (unpaired) electrons. The van der Waals surface area contributed by atoms with Crippen LogP contribution in [0.2, 0.25) is 0 Å². The number of likely N-dealkylation sites (N-methyl/N-ethyl adjacent to an activating group) is 1. The number of hydrogen-bond donors (Lipinski definition) is 2. The fourth-order valence-corrected chi connectivity index (χ4v) is 1.93. The number of carbonyl (C=O) groups is 2. The molecular formula is C9H16N2O2S. The third-order valence-electron chi connectivity index (χ3n) is 2.45. The third-order valence-corrected chi connectivity index (χ3v) is 2.67.